The van der Waals surface area contributed by atoms with Crippen molar-refractivity contribution in [2.45, 2.75) is 26.4 Å². The summed E-state index contributed by atoms with van der Waals surface area (Å²) in [5, 5.41) is 47.9. The monoisotopic (exact) mass is 628 g/mol. The van der Waals surface area contributed by atoms with E-state index < -0.39 is 0 Å². The van der Waals surface area contributed by atoms with E-state index >= 15 is 0 Å². The van der Waals surface area contributed by atoms with Crippen LogP contribution in [0.2, 0.25) is 5.02 Å². The zero-order valence-corrected chi connectivity index (χ0v) is 24.9. The molecule has 4 aromatic carbocycles. The van der Waals surface area contributed by atoms with Crippen molar-refractivity contribution in [3.8, 4) is 17.2 Å². The number of aromatic hydroxyl groups is 1. The molecular weight excluding hydrogens is 596 g/mol. The number of benzene rings is 4. The molecule has 0 aliphatic carbocycles. The largest absolute Gasteiger partial charge is 0.508 e. The molecule has 0 saturated heterocycles. The molecule has 232 valence electrons. The fourth-order valence-electron chi connectivity index (χ4n) is 4.32. The molecule has 9 N–H and O–H groups in total. The summed E-state index contributed by atoms with van der Waals surface area (Å²) in [7, 11) is 0. The molecule has 0 atom stereocenters. The van der Waals surface area contributed by atoms with Gasteiger partial charge >= 0.3 is 0 Å². The normalized spacial score (nSPS) is 10.5. The van der Waals surface area contributed by atoms with Crippen LogP contribution in [-0.4, -0.2) is 35.5 Å². The van der Waals surface area contributed by atoms with E-state index in [2.05, 4.69) is 9.97 Å². The maximum atomic E-state index is 9.43. The molecule has 0 aliphatic heterocycles. The predicted molar refractivity (Wildman–Crippen MR) is 176 cm³/mol. The molecule has 0 amide bonds. The zero-order valence-electron chi connectivity index (χ0n) is 24.1. The highest BCUT2D eigenvalue weighted by Crippen LogP contribution is 2.31. The molecule has 0 fully saturated rings. The lowest BCUT2D eigenvalue weighted by atomic mass is 10.0. The third kappa shape index (κ3) is 8.57. The van der Waals surface area contributed by atoms with Gasteiger partial charge in [-0.15, -0.1) is 0 Å². The number of fused-ring (bicyclic) bond motifs is 2. The molecular formula is C34H33ClN4O6. The van der Waals surface area contributed by atoms with Crippen molar-refractivity contribution in [1.82, 2.24) is 9.97 Å². The number of aliphatic hydroxyl groups is 4. The molecule has 6 rings (SSSR count). The molecule has 11 heteroatoms. The number of ether oxygens (including phenoxy) is 1. The molecule has 2 aromatic heterocycles. The first kappa shape index (κ1) is 32.9. The molecule has 45 heavy (non-hydrogen) atoms. The zero-order chi connectivity index (χ0) is 32.3. The van der Waals surface area contributed by atoms with Crippen LogP contribution in [0.5, 0.6) is 17.2 Å². The predicted octanol–water partition coefficient (Wildman–Crippen LogP) is 5.44. The molecule has 0 radical (unpaired) electrons. The van der Waals surface area contributed by atoms with Crippen LogP contribution in [-0.2, 0) is 26.4 Å². The molecule has 0 unspecified atom stereocenters. The second-order valence-electron chi connectivity index (χ2n) is 9.77. The number of hydrogen-bond donors (Lipinski definition) is 7. The summed E-state index contributed by atoms with van der Waals surface area (Å²) < 4.78 is 5.88. The lowest BCUT2D eigenvalue weighted by Gasteiger charge is -2.12. The van der Waals surface area contributed by atoms with Crippen LogP contribution in [0.25, 0.3) is 21.8 Å². The highest BCUT2D eigenvalue weighted by molar-refractivity contribution is 6.35. The van der Waals surface area contributed by atoms with Gasteiger partial charge in [0, 0.05) is 34.5 Å². The SMILES string of the molecule is Nc1ccc(O)cc1.Nc1ccc(Oc2ccnc3cc(CO)c(CO)cc23)cc1.OCc1cc2nccc(Cl)c2cc1CO. The molecule has 0 bridgehead atoms. The fraction of sp³-hybridized carbons (Fsp3) is 0.118. The Hall–Kier alpha value is -4.97. The summed E-state index contributed by atoms with van der Waals surface area (Å²) in [4.78, 5) is 8.44. The van der Waals surface area contributed by atoms with E-state index in [9.17, 15) is 10.2 Å². The topological polar surface area (TPSA) is 188 Å². The van der Waals surface area contributed by atoms with Gasteiger partial charge in [0.1, 0.15) is 17.2 Å². The minimum absolute atomic E-state index is 0.111. The van der Waals surface area contributed by atoms with E-state index in [4.69, 9.17) is 43.1 Å². The number of pyridine rings is 2. The van der Waals surface area contributed by atoms with E-state index in [-0.39, 0.29) is 32.2 Å². The van der Waals surface area contributed by atoms with Gasteiger partial charge < -0.3 is 41.7 Å². The van der Waals surface area contributed by atoms with Crippen molar-refractivity contribution in [1.29, 1.82) is 0 Å². The van der Waals surface area contributed by atoms with Crippen molar-refractivity contribution in [2.24, 2.45) is 0 Å². The van der Waals surface area contributed by atoms with Gasteiger partial charge in [0.15, 0.2) is 0 Å². The Morgan fingerprint density at radius 1 is 0.578 bits per heavy atom. The number of hydrogen-bond acceptors (Lipinski definition) is 10. The van der Waals surface area contributed by atoms with Gasteiger partial charge in [0.2, 0.25) is 0 Å². The van der Waals surface area contributed by atoms with Crippen LogP contribution in [0.1, 0.15) is 22.3 Å². The van der Waals surface area contributed by atoms with E-state index in [0.29, 0.717) is 55.7 Å². The quantitative estimate of drug-likeness (QED) is 0.0924. The van der Waals surface area contributed by atoms with Crippen LogP contribution in [0.15, 0.2) is 97.3 Å². The summed E-state index contributed by atoms with van der Waals surface area (Å²) in [6, 6.07) is 24.0. The van der Waals surface area contributed by atoms with Gasteiger partial charge in [0.25, 0.3) is 0 Å². The molecule has 6 aromatic rings. The van der Waals surface area contributed by atoms with Crippen molar-refractivity contribution in [3.63, 3.8) is 0 Å². The number of nitrogen functional groups attached to an aromatic ring is 2. The lowest BCUT2D eigenvalue weighted by molar-refractivity contribution is 0.260. The van der Waals surface area contributed by atoms with Crippen LogP contribution >= 0.6 is 11.6 Å². The third-order valence-corrected chi connectivity index (χ3v) is 7.04. The Bertz CT molecular complexity index is 1850. The number of halogens is 1. The fourth-order valence-corrected chi connectivity index (χ4v) is 4.53. The van der Waals surface area contributed by atoms with Crippen molar-refractivity contribution < 1.29 is 30.3 Å². The minimum Gasteiger partial charge on any atom is -0.508 e. The standard InChI is InChI=1S/C17H16N2O3.C11H10ClNO2.C6H7NO/c18-13-1-3-14(4-2-13)22-17-5-6-19-16-8-12(10-21)11(9-20)7-15(16)17;12-10-1-2-13-11-4-8(6-15)7(5-14)3-9(10)11;7-5-1-3-6(8)4-2-5/h1-8,20-21H,9-10,18H2;1-4,14-15H,5-6H2;1-4,8H,7H2. The average Bonchev–Trinajstić information content (AvgIpc) is 3.06. The number of phenolic OH excluding ortho intramolecular Hbond substituents is 1. The highest BCUT2D eigenvalue weighted by Gasteiger charge is 2.10. The highest BCUT2D eigenvalue weighted by atomic mass is 35.5. The lowest BCUT2D eigenvalue weighted by Crippen LogP contribution is -1.96. The molecule has 2 heterocycles. The van der Waals surface area contributed by atoms with Crippen molar-refractivity contribution in [3.05, 3.63) is 125 Å². The van der Waals surface area contributed by atoms with Gasteiger partial charge in [-0.25, -0.2) is 0 Å². The number of aliphatic hydroxyl groups excluding tert-OH is 4. The Morgan fingerprint density at radius 3 is 1.53 bits per heavy atom. The molecule has 0 saturated carbocycles. The van der Waals surface area contributed by atoms with E-state index in [1.807, 2.05) is 0 Å². The minimum atomic E-state index is -0.151. The summed E-state index contributed by atoms with van der Waals surface area (Å²) in [5.41, 5.74) is 16.4. The van der Waals surface area contributed by atoms with Gasteiger partial charge in [0.05, 0.1) is 42.5 Å². The second-order valence-corrected chi connectivity index (χ2v) is 10.2. The number of nitrogens with zero attached hydrogens (tertiary/aromatic N) is 2. The molecule has 10 nitrogen and oxygen atoms in total. The number of aromatic nitrogens is 2. The number of rotatable bonds is 6. The van der Waals surface area contributed by atoms with Gasteiger partial charge in [-0.1, -0.05) is 11.6 Å². The maximum absolute atomic E-state index is 9.43. The molecule has 0 aliphatic rings. The van der Waals surface area contributed by atoms with E-state index in [1.54, 1.807) is 97.3 Å². The summed E-state index contributed by atoms with van der Waals surface area (Å²) in [6.07, 6.45) is 3.26. The Morgan fingerprint density at radius 2 is 1.02 bits per heavy atom. The third-order valence-electron chi connectivity index (χ3n) is 6.72. The average molecular weight is 629 g/mol. The Labute approximate surface area is 264 Å². The van der Waals surface area contributed by atoms with E-state index in [1.165, 1.54) is 0 Å². The maximum Gasteiger partial charge on any atom is 0.138 e. The van der Waals surface area contributed by atoms with Crippen LogP contribution in [0.4, 0.5) is 11.4 Å². The first-order valence-electron chi connectivity index (χ1n) is 13.7. The first-order valence-corrected chi connectivity index (χ1v) is 14.1. The number of phenols is 1. The first-order chi connectivity index (χ1) is 21.8. The number of nitrogens with two attached hydrogens (primary N) is 2. The van der Waals surface area contributed by atoms with Gasteiger partial charge in [-0.05, 0) is 107 Å². The second kappa shape index (κ2) is 15.7. The number of anilines is 2. The van der Waals surface area contributed by atoms with Crippen molar-refractivity contribution in [2.75, 3.05) is 11.5 Å². The van der Waals surface area contributed by atoms with E-state index in [0.717, 1.165) is 16.3 Å². The summed E-state index contributed by atoms with van der Waals surface area (Å²) >= 11 is 6.00. The smallest absolute Gasteiger partial charge is 0.138 e. The van der Waals surface area contributed by atoms with Crippen LogP contribution in [0, 0.1) is 0 Å². The summed E-state index contributed by atoms with van der Waals surface area (Å²) in [6.45, 7) is -0.518. The van der Waals surface area contributed by atoms with Gasteiger partial charge in [-0.3, -0.25) is 9.97 Å². The van der Waals surface area contributed by atoms with Gasteiger partial charge in [-0.2, -0.15) is 0 Å². The van der Waals surface area contributed by atoms with Crippen molar-refractivity contribution >= 4 is 44.8 Å². The molecule has 0 spiro atoms. The summed E-state index contributed by atoms with van der Waals surface area (Å²) in [5.74, 6) is 1.55. The Kier molecular flexibility index (Phi) is 11.5. The van der Waals surface area contributed by atoms with Crippen LogP contribution < -0.4 is 16.2 Å². The van der Waals surface area contributed by atoms with Crippen LogP contribution in [0.3, 0.4) is 0 Å². The Balaban J connectivity index is 0.000000172.